The van der Waals surface area contributed by atoms with Crippen molar-refractivity contribution in [2.24, 2.45) is 10.9 Å². The predicted octanol–water partition coefficient (Wildman–Crippen LogP) is 3.03. The van der Waals surface area contributed by atoms with Crippen LogP contribution in [-0.4, -0.2) is 57.2 Å². The molecule has 1 aromatic carbocycles. The maximum Gasteiger partial charge on any atom is 0.224 e. The molecule has 6 nitrogen and oxygen atoms in total. The highest BCUT2D eigenvalue weighted by molar-refractivity contribution is 9.10. The normalized spacial score (nSPS) is 11.6. The number of ether oxygens (including phenoxy) is 1. The van der Waals surface area contributed by atoms with E-state index < -0.39 is 0 Å². The van der Waals surface area contributed by atoms with Gasteiger partial charge in [0.2, 0.25) is 5.91 Å². The number of halogens is 1. The summed E-state index contributed by atoms with van der Waals surface area (Å²) in [5, 5.41) is 6.42. The highest BCUT2D eigenvalue weighted by atomic mass is 79.9. The van der Waals surface area contributed by atoms with Gasteiger partial charge in [-0.3, -0.25) is 9.79 Å². The molecule has 0 heterocycles. The molecular formula is C20H33BrN4O2. The van der Waals surface area contributed by atoms with Gasteiger partial charge in [-0.2, -0.15) is 0 Å². The fraction of sp³-hybridized carbons (Fsp3) is 0.600. The molecule has 0 bridgehead atoms. The van der Waals surface area contributed by atoms with Crippen LogP contribution in [0.5, 0.6) is 0 Å². The number of carbonyl (C=O) groups is 1. The first-order valence-electron chi connectivity index (χ1n) is 9.43. The molecule has 0 saturated heterocycles. The molecule has 0 aliphatic heterocycles. The first-order valence-corrected chi connectivity index (χ1v) is 10.2. The third-order valence-corrected chi connectivity index (χ3v) is 4.63. The summed E-state index contributed by atoms with van der Waals surface area (Å²) in [5.74, 6) is 1.36. The minimum atomic E-state index is 0.0933. The lowest BCUT2D eigenvalue weighted by Gasteiger charge is -2.19. The molecule has 0 atom stereocenters. The molecule has 0 aliphatic rings. The number of nitrogens with one attached hydrogen (secondary N) is 2. The van der Waals surface area contributed by atoms with Crippen molar-refractivity contribution in [1.82, 2.24) is 15.5 Å². The number of rotatable bonds is 11. The van der Waals surface area contributed by atoms with Crippen LogP contribution in [0.4, 0.5) is 0 Å². The van der Waals surface area contributed by atoms with Crippen molar-refractivity contribution in [2.75, 3.05) is 40.4 Å². The lowest BCUT2D eigenvalue weighted by molar-refractivity contribution is -0.130. The second-order valence-electron chi connectivity index (χ2n) is 6.84. The molecular weight excluding hydrogens is 408 g/mol. The number of benzene rings is 1. The Labute approximate surface area is 171 Å². The van der Waals surface area contributed by atoms with Crippen LogP contribution in [0.1, 0.15) is 32.3 Å². The third kappa shape index (κ3) is 10.3. The Balaban J connectivity index is 2.21. The van der Waals surface area contributed by atoms with Crippen LogP contribution in [-0.2, 0) is 16.1 Å². The largest absolute Gasteiger partial charge is 0.381 e. The number of nitrogens with zero attached hydrogens (tertiary/aromatic N) is 2. The highest BCUT2D eigenvalue weighted by Crippen LogP contribution is 2.17. The van der Waals surface area contributed by atoms with Crippen molar-refractivity contribution in [2.45, 2.75) is 33.2 Å². The fourth-order valence-corrected chi connectivity index (χ4v) is 2.78. The van der Waals surface area contributed by atoms with Gasteiger partial charge in [-0.05, 0) is 24.0 Å². The van der Waals surface area contributed by atoms with E-state index >= 15 is 0 Å². The predicted molar refractivity (Wildman–Crippen MR) is 115 cm³/mol. The summed E-state index contributed by atoms with van der Waals surface area (Å²) >= 11 is 3.52. The van der Waals surface area contributed by atoms with Gasteiger partial charge in [0.05, 0.1) is 0 Å². The van der Waals surface area contributed by atoms with Crippen molar-refractivity contribution in [1.29, 1.82) is 0 Å². The topological polar surface area (TPSA) is 66.0 Å². The molecule has 0 aliphatic carbocycles. The number of guanidine groups is 1. The highest BCUT2D eigenvalue weighted by Gasteiger charge is 2.10. The number of amides is 1. The number of aliphatic imine (C=N–C) groups is 1. The SMILES string of the molecule is CN=C(NCCCOCC(C)C)NCCC(=O)N(C)Cc1ccccc1Br. The van der Waals surface area contributed by atoms with E-state index in [4.69, 9.17) is 4.74 Å². The van der Waals surface area contributed by atoms with Crippen molar-refractivity contribution >= 4 is 27.8 Å². The van der Waals surface area contributed by atoms with Gasteiger partial charge < -0.3 is 20.3 Å². The zero-order chi connectivity index (χ0) is 20.1. The van der Waals surface area contributed by atoms with Crippen molar-refractivity contribution in [3.05, 3.63) is 34.3 Å². The summed E-state index contributed by atoms with van der Waals surface area (Å²) < 4.78 is 6.57. The molecule has 0 unspecified atom stereocenters. The second kappa shape index (κ2) is 13.6. The maximum absolute atomic E-state index is 12.3. The monoisotopic (exact) mass is 440 g/mol. The van der Waals surface area contributed by atoms with E-state index in [1.165, 1.54) is 0 Å². The van der Waals surface area contributed by atoms with Gasteiger partial charge in [0.15, 0.2) is 5.96 Å². The van der Waals surface area contributed by atoms with Crippen LogP contribution < -0.4 is 10.6 Å². The van der Waals surface area contributed by atoms with Crippen LogP contribution in [0.2, 0.25) is 0 Å². The van der Waals surface area contributed by atoms with Gasteiger partial charge in [0, 0.05) is 57.8 Å². The van der Waals surface area contributed by atoms with Gasteiger partial charge in [-0.15, -0.1) is 0 Å². The van der Waals surface area contributed by atoms with E-state index in [2.05, 4.69) is 45.4 Å². The first-order chi connectivity index (χ1) is 12.9. The summed E-state index contributed by atoms with van der Waals surface area (Å²) in [7, 11) is 3.55. The van der Waals surface area contributed by atoms with E-state index in [0.29, 0.717) is 31.4 Å². The molecule has 0 fully saturated rings. The fourth-order valence-electron chi connectivity index (χ4n) is 2.37. The summed E-state index contributed by atoms with van der Waals surface area (Å²) in [6.07, 6.45) is 1.33. The van der Waals surface area contributed by atoms with Gasteiger partial charge >= 0.3 is 0 Å². The van der Waals surface area contributed by atoms with Crippen LogP contribution in [0, 0.1) is 5.92 Å². The van der Waals surface area contributed by atoms with Gasteiger partial charge in [-0.1, -0.05) is 48.0 Å². The lowest BCUT2D eigenvalue weighted by Crippen LogP contribution is -2.40. The second-order valence-corrected chi connectivity index (χ2v) is 7.69. The molecule has 0 saturated carbocycles. The maximum atomic E-state index is 12.3. The zero-order valence-electron chi connectivity index (χ0n) is 16.9. The van der Waals surface area contributed by atoms with Crippen molar-refractivity contribution in [3.63, 3.8) is 0 Å². The minimum Gasteiger partial charge on any atom is -0.381 e. The lowest BCUT2D eigenvalue weighted by atomic mass is 10.2. The Hall–Kier alpha value is -1.60. The Bertz CT molecular complexity index is 593. The van der Waals surface area contributed by atoms with Crippen molar-refractivity contribution < 1.29 is 9.53 Å². The summed E-state index contributed by atoms with van der Waals surface area (Å²) in [4.78, 5) is 18.2. The molecule has 7 heteroatoms. The minimum absolute atomic E-state index is 0.0933. The van der Waals surface area contributed by atoms with Crippen LogP contribution >= 0.6 is 15.9 Å². The standard InChI is InChI=1S/C20H33BrN4O2/c1-16(2)15-27-13-7-11-23-20(22-3)24-12-10-19(26)25(4)14-17-8-5-6-9-18(17)21/h5-6,8-9,16H,7,10-15H2,1-4H3,(H2,22,23,24). The third-order valence-electron chi connectivity index (χ3n) is 3.86. The summed E-state index contributed by atoms with van der Waals surface area (Å²) in [5.41, 5.74) is 1.10. The van der Waals surface area contributed by atoms with Gasteiger partial charge in [0.1, 0.15) is 0 Å². The van der Waals surface area contributed by atoms with E-state index in [1.807, 2.05) is 31.3 Å². The smallest absolute Gasteiger partial charge is 0.224 e. The van der Waals surface area contributed by atoms with E-state index in [-0.39, 0.29) is 5.91 Å². The van der Waals surface area contributed by atoms with Gasteiger partial charge in [-0.25, -0.2) is 0 Å². The molecule has 1 amide bonds. The van der Waals surface area contributed by atoms with Crippen molar-refractivity contribution in [3.8, 4) is 0 Å². The van der Waals surface area contributed by atoms with E-state index in [0.717, 1.165) is 36.2 Å². The molecule has 1 aromatic rings. The zero-order valence-corrected chi connectivity index (χ0v) is 18.5. The number of hydrogen-bond donors (Lipinski definition) is 2. The quantitative estimate of drug-likeness (QED) is 0.315. The van der Waals surface area contributed by atoms with Crippen LogP contribution in [0.25, 0.3) is 0 Å². The Morgan fingerprint density at radius 3 is 2.63 bits per heavy atom. The molecule has 27 heavy (non-hydrogen) atoms. The van der Waals surface area contributed by atoms with Crippen LogP contribution in [0.15, 0.2) is 33.7 Å². The number of hydrogen-bond acceptors (Lipinski definition) is 3. The first kappa shape index (κ1) is 23.4. The summed E-state index contributed by atoms with van der Waals surface area (Å²) in [6.45, 7) is 7.73. The molecule has 152 valence electrons. The average molecular weight is 441 g/mol. The Morgan fingerprint density at radius 1 is 1.26 bits per heavy atom. The Morgan fingerprint density at radius 2 is 1.96 bits per heavy atom. The molecule has 2 N–H and O–H groups in total. The molecule has 0 aromatic heterocycles. The molecule has 1 rings (SSSR count). The van der Waals surface area contributed by atoms with E-state index in [1.54, 1.807) is 11.9 Å². The molecule has 0 spiro atoms. The van der Waals surface area contributed by atoms with E-state index in [9.17, 15) is 4.79 Å². The Kier molecular flexibility index (Phi) is 11.8. The summed E-state index contributed by atoms with van der Waals surface area (Å²) in [6, 6.07) is 7.94. The average Bonchev–Trinajstić information content (AvgIpc) is 2.64. The number of carbonyl (C=O) groups excluding carboxylic acids is 1. The van der Waals surface area contributed by atoms with Gasteiger partial charge in [0.25, 0.3) is 0 Å². The van der Waals surface area contributed by atoms with Crippen LogP contribution in [0.3, 0.4) is 0 Å². The molecule has 0 radical (unpaired) electrons.